The van der Waals surface area contributed by atoms with Crippen LogP contribution in [0.4, 0.5) is 11.9 Å². The number of hydrogen-bond acceptors (Lipinski definition) is 7. The first kappa shape index (κ1) is 13.5. The Morgan fingerprint density at radius 2 is 1.65 bits per heavy atom. The van der Waals surface area contributed by atoms with E-state index in [1.165, 1.54) is 25.7 Å². The van der Waals surface area contributed by atoms with Crippen molar-refractivity contribution in [3.05, 3.63) is 5.82 Å². The van der Waals surface area contributed by atoms with Gasteiger partial charge in [0.1, 0.15) is 5.82 Å². The third-order valence-corrected chi connectivity index (χ3v) is 4.08. The van der Waals surface area contributed by atoms with Gasteiger partial charge in [-0.15, -0.1) is 0 Å². The van der Waals surface area contributed by atoms with E-state index in [9.17, 15) is 0 Å². The molecular formula is C13H23N7. The Morgan fingerprint density at radius 1 is 1.00 bits per heavy atom. The van der Waals surface area contributed by atoms with E-state index in [2.05, 4.69) is 25.2 Å². The Morgan fingerprint density at radius 3 is 2.25 bits per heavy atom. The van der Waals surface area contributed by atoms with Crippen molar-refractivity contribution in [2.75, 3.05) is 31.1 Å². The molecule has 1 saturated heterocycles. The summed E-state index contributed by atoms with van der Waals surface area (Å²) >= 11 is 0. The van der Waals surface area contributed by atoms with Crippen LogP contribution >= 0.6 is 0 Å². The van der Waals surface area contributed by atoms with Crippen molar-refractivity contribution in [2.45, 2.75) is 38.3 Å². The molecule has 2 aliphatic rings. The first-order chi connectivity index (χ1) is 9.70. The van der Waals surface area contributed by atoms with E-state index in [0.717, 1.165) is 32.1 Å². The van der Waals surface area contributed by atoms with Gasteiger partial charge in [0.2, 0.25) is 11.9 Å². The van der Waals surface area contributed by atoms with Crippen molar-refractivity contribution in [1.82, 2.24) is 25.2 Å². The molecule has 0 bridgehead atoms. The van der Waals surface area contributed by atoms with Gasteiger partial charge in [-0.3, -0.25) is 4.90 Å². The third kappa shape index (κ3) is 3.55. The van der Waals surface area contributed by atoms with Gasteiger partial charge in [0.15, 0.2) is 0 Å². The fraction of sp³-hybridized carbons (Fsp3) is 0.769. The highest BCUT2D eigenvalue weighted by molar-refractivity contribution is 5.25. The lowest BCUT2D eigenvalue weighted by Gasteiger charge is -2.29. The van der Waals surface area contributed by atoms with Gasteiger partial charge in [0, 0.05) is 12.6 Å². The molecular weight excluding hydrogens is 254 g/mol. The van der Waals surface area contributed by atoms with E-state index in [-0.39, 0.29) is 11.9 Å². The molecule has 1 aromatic heterocycles. The molecule has 2 fully saturated rings. The predicted molar refractivity (Wildman–Crippen MR) is 77.7 cm³/mol. The van der Waals surface area contributed by atoms with Crippen molar-refractivity contribution >= 4 is 11.9 Å². The van der Waals surface area contributed by atoms with Crippen LogP contribution in [0.2, 0.25) is 0 Å². The van der Waals surface area contributed by atoms with Gasteiger partial charge in [-0.25, -0.2) is 0 Å². The Labute approximate surface area is 119 Å². The summed E-state index contributed by atoms with van der Waals surface area (Å²) in [6.07, 6.45) is 5.07. The molecule has 0 spiro atoms. The van der Waals surface area contributed by atoms with E-state index in [4.69, 9.17) is 11.5 Å². The summed E-state index contributed by atoms with van der Waals surface area (Å²) in [4.78, 5) is 14.7. The summed E-state index contributed by atoms with van der Waals surface area (Å²) in [7, 11) is 0. The van der Waals surface area contributed by atoms with E-state index >= 15 is 0 Å². The maximum absolute atomic E-state index is 5.64. The second kappa shape index (κ2) is 5.88. The number of nitrogens with one attached hydrogen (secondary N) is 1. The van der Waals surface area contributed by atoms with Crippen LogP contribution in [0.3, 0.4) is 0 Å². The van der Waals surface area contributed by atoms with Crippen molar-refractivity contribution in [1.29, 1.82) is 0 Å². The fourth-order valence-corrected chi connectivity index (χ4v) is 2.89. The number of nitrogens with two attached hydrogens (primary N) is 2. The fourth-order valence-electron chi connectivity index (χ4n) is 2.89. The minimum atomic E-state index is 0.213. The van der Waals surface area contributed by atoms with Crippen LogP contribution in [0, 0.1) is 5.92 Å². The number of rotatable bonds is 5. The Kier molecular flexibility index (Phi) is 3.98. The van der Waals surface area contributed by atoms with Crippen molar-refractivity contribution in [3.63, 3.8) is 0 Å². The standard InChI is InChI=1S/C13H23N7/c14-12-17-11(18-13(15)19-12)8-20(10-1-2-10)7-9-3-5-16-6-4-9/h9-10,16H,1-8H2,(H4,14,15,17,18,19). The average Bonchev–Trinajstić information content (AvgIpc) is 3.22. The number of nitrogen functional groups attached to an aromatic ring is 2. The van der Waals surface area contributed by atoms with Gasteiger partial charge < -0.3 is 16.8 Å². The number of aromatic nitrogens is 3. The summed E-state index contributed by atoms with van der Waals surface area (Å²) in [5.74, 6) is 1.89. The lowest BCUT2D eigenvalue weighted by atomic mass is 9.97. The summed E-state index contributed by atoms with van der Waals surface area (Å²) < 4.78 is 0. The van der Waals surface area contributed by atoms with Crippen LogP contribution < -0.4 is 16.8 Å². The molecule has 0 unspecified atom stereocenters. The zero-order valence-electron chi connectivity index (χ0n) is 11.8. The molecule has 0 atom stereocenters. The lowest BCUT2D eigenvalue weighted by molar-refractivity contribution is 0.186. The topological polar surface area (TPSA) is 106 Å². The number of anilines is 2. The Balaban J connectivity index is 1.64. The number of piperidine rings is 1. The summed E-state index contributed by atoms with van der Waals surface area (Å²) in [6.45, 7) is 4.12. The summed E-state index contributed by atoms with van der Waals surface area (Å²) in [5, 5.41) is 3.41. The molecule has 3 rings (SSSR count). The van der Waals surface area contributed by atoms with Gasteiger partial charge >= 0.3 is 0 Å². The second-order valence-corrected chi connectivity index (χ2v) is 5.82. The molecule has 1 aliphatic heterocycles. The van der Waals surface area contributed by atoms with Crippen LogP contribution in [0.5, 0.6) is 0 Å². The third-order valence-electron chi connectivity index (χ3n) is 4.08. The molecule has 20 heavy (non-hydrogen) atoms. The van der Waals surface area contributed by atoms with Crippen molar-refractivity contribution in [3.8, 4) is 0 Å². The normalized spacial score (nSPS) is 20.4. The zero-order valence-corrected chi connectivity index (χ0v) is 11.8. The smallest absolute Gasteiger partial charge is 0.225 e. The van der Waals surface area contributed by atoms with Gasteiger partial charge in [-0.1, -0.05) is 0 Å². The van der Waals surface area contributed by atoms with Crippen LogP contribution in [0.1, 0.15) is 31.5 Å². The summed E-state index contributed by atoms with van der Waals surface area (Å²) in [5.41, 5.74) is 11.3. The van der Waals surface area contributed by atoms with Gasteiger partial charge in [-0.05, 0) is 44.7 Å². The minimum absolute atomic E-state index is 0.213. The van der Waals surface area contributed by atoms with Gasteiger partial charge in [0.25, 0.3) is 0 Å². The second-order valence-electron chi connectivity index (χ2n) is 5.82. The SMILES string of the molecule is Nc1nc(N)nc(CN(CC2CCNCC2)C2CC2)n1. The van der Waals surface area contributed by atoms with Crippen LogP contribution in [-0.2, 0) is 6.54 Å². The molecule has 0 aromatic carbocycles. The molecule has 110 valence electrons. The quantitative estimate of drug-likeness (QED) is 0.695. The highest BCUT2D eigenvalue weighted by atomic mass is 15.2. The lowest BCUT2D eigenvalue weighted by Crippen LogP contribution is -2.37. The van der Waals surface area contributed by atoms with Gasteiger partial charge in [0.05, 0.1) is 6.54 Å². The van der Waals surface area contributed by atoms with E-state index in [0.29, 0.717) is 11.9 Å². The van der Waals surface area contributed by atoms with Crippen LogP contribution in [0.15, 0.2) is 0 Å². The zero-order chi connectivity index (χ0) is 13.9. The van der Waals surface area contributed by atoms with Crippen molar-refractivity contribution in [2.24, 2.45) is 5.92 Å². The molecule has 2 heterocycles. The van der Waals surface area contributed by atoms with Gasteiger partial charge in [-0.2, -0.15) is 15.0 Å². The average molecular weight is 277 g/mol. The summed E-state index contributed by atoms with van der Waals surface area (Å²) in [6, 6.07) is 0.684. The highest BCUT2D eigenvalue weighted by Gasteiger charge is 2.31. The van der Waals surface area contributed by atoms with E-state index in [1.807, 2.05) is 0 Å². The molecule has 1 aromatic rings. The number of hydrogen-bond donors (Lipinski definition) is 3. The first-order valence-electron chi connectivity index (χ1n) is 7.41. The Hall–Kier alpha value is -1.47. The van der Waals surface area contributed by atoms with Crippen LogP contribution in [0.25, 0.3) is 0 Å². The molecule has 7 heteroatoms. The molecule has 1 aliphatic carbocycles. The van der Waals surface area contributed by atoms with E-state index < -0.39 is 0 Å². The van der Waals surface area contributed by atoms with E-state index in [1.54, 1.807) is 0 Å². The van der Waals surface area contributed by atoms with Crippen molar-refractivity contribution < 1.29 is 0 Å². The maximum atomic E-state index is 5.64. The molecule has 1 saturated carbocycles. The molecule has 0 amide bonds. The minimum Gasteiger partial charge on any atom is -0.368 e. The maximum Gasteiger partial charge on any atom is 0.225 e. The molecule has 7 nitrogen and oxygen atoms in total. The monoisotopic (exact) mass is 277 g/mol. The predicted octanol–water partition coefficient (Wildman–Crippen LogP) is 0.000000000000000222. The molecule has 0 radical (unpaired) electrons. The van der Waals surface area contributed by atoms with Crippen LogP contribution in [-0.4, -0.2) is 45.5 Å². The Bertz CT molecular complexity index is 434. The number of nitrogens with zero attached hydrogens (tertiary/aromatic N) is 4. The largest absolute Gasteiger partial charge is 0.368 e. The molecule has 5 N–H and O–H groups in total. The highest BCUT2D eigenvalue weighted by Crippen LogP contribution is 2.30. The first-order valence-corrected chi connectivity index (χ1v) is 7.41.